The fourth-order valence-electron chi connectivity index (χ4n) is 2.18. The Balaban J connectivity index is 2.49. The summed E-state index contributed by atoms with van der Waals surface area (Å²) in [4.78, 5) is 2.40. The van der Waals surface area contributed by atoms with Gasteiger partial charge in [0.2, 0.25) is 0 Å². The molecular formula is C18H31BrN2. The summed E-state index contributed by atoms with van der Waals surface area (Å²) in [6, 6.07) is 6.74. The lowest BCUT2D eigenvalue weighted by Crippen LogP contribution is -2.21. The third kappa shape index (κ3) is 7.98. The van der Waals surface area contributed by atoms with E-state index < -0.39 is 0 Å². The van der Waals surface area contributed by atoms with Gasteiger partial charge < -0.3 is 10.2 Å². The van der Waals surface area contributed by atoms with Crippen molar-refractivity contribution in [3.63, 3.8) is 0 Å². The molecule has 0 aliphatic heterocycles. The van der Waals surface area contributed by atoms with E-state index in [-0.39, 0.29) is 0 Å². The van der Waals surface area contributed by atoms with E-state index in [1.54, 1.807) is 0 Å². The Morgan fingerprint density at radius 3 is 2.43 bits per heavy atom. The maximum Gasteiger partial charge on any atom is 0.0241 e. The topological polar surface area (TPSA) is 15.3 Å². The van der Waals surface area contributed by atoms with Crippen LogP contribution < -0.4 is 5.32 Å². The molecule has 0 aromatic heterocycles. The highest BCUT2D eigenvalue weighted by atomic mass is 79.9. The van der Waals surface area contributed by atoms with Crippen LogP contribution >= 0.6 is 15.9 Å². The maximum absolute atomic E-state index is 3.72. The summed E-state index contributed by atoms with van der Waals surface area (Å²) in [6.45, 7) is 13.2. The molecule has 0 fully saturated rings. The lowest BCUT2D eigenvalue weighted by molar-refractivity contribution is 0.303. The van der Waals surface area contributed by atoms with Gasteiger partial charge >= 0.3 is 0 Å². The minimum atomic E-state index is 0.697. The number of halogens is 1. The van der Waals surface area contributed by atoms with E-state index in [4.69, 9.17) is 0 Å². The molecule has 0 saturated carbocycles. The largest absolute Gasteiger partial charge is 0.312 e. The van der Waals surface area contributed by atoms with E-state index in [1.807, 2.05) is 0 Å². The van der Waals surface area contributed by atoms with Crippen molar-refractivity contribution in [3.05, 3.63) is 33.8 Å². The second-order valence-electron chi connectivity index (χ2n) is 6.87. The third-order valence-electron chi connectivity index (χ3n) is 3.53. The molecule has 21 heavy (non-hydrogen) atoms. The molecule has 1 aromatic rings. The highest BCUT2D eigenvalue weighted by Crippen LogP contribution is 2.20. The van der Waals surface area contributed by atoms with Crippen LogP contribution in [0.2, 0.25) is 0 Å². The molecule has 1 N–H and O–H groups in total. The molecular weight excluding hydrogens is 324 g/mol. The second-order valence-corrected chi connectivity index (χ2v) is 7.73. The van der Waals surface area contributed by atoms with Gasteiger partial charge in [-0.05, 0) is 55.6 Å². The van der Waals surface area contributed by atoms with Gasteiger partial charge in [-0.15, -0.1) is 0 Å². The van der Waals surface area contributed by atoms with Crippen LogP contribution in [0.5, 0.6) is 0 Å². The van der Waals surface area contributed by atoms with E-state index in [0.29, 0.717) is 5.92 Å². The molecule has 0 aliphatic carbocycles. The minimum absolute atomic E-state index is 0.697. The van der Waals surface area contributed by atoms with E-state index in [1.165, 1.54) is 22.0 Å². The standard InChI is InChI=1S/C18H31BrN2/c1-14(2)8-9-21(5)13-17-7-6-16(10-18(17)19)12-20-11-15(3)4/h6-7,10,14-15,20H,8-9,11-13H2,1-5H3. The molecule has 3 heteroatoms. The SMILES string of the molecule is CC(C)CCN(C)Cc1ccc(CNCC(C)C)cc1Br. The lowest BCUT2D eigenvalue weighted by atomic mass is 10.1. The zero-order valence-electron chi connectivity index (χ0n) is 14.2. The van der Waals surface area contributed by atoms with E-state index in [2.05, 4.69) is 79.1 Å². The quantitative estimate of drug-likeness (QED) is 0.692. The first-order valence-corrected chi connectivity index (χ1v) is 8.84. The van der Waals surface area contributed by atoms with E-state index in [9.17, 15) is 0 Å². The van der Waals surface area contributed by atoms with Gasteiger partial charge in [-0.1, -0.05) is 55.8 Å². The van der Waals surface area contributed by atoms with E-state index in [0.717, 1.165) is 32.1 Å². The Hall–Kier alpha value is -0.380. The van der Waals surface area contributed by atoms with Crippen molar-refractivity contribution in [1.29, 1.82) is 0 Å². The van der Waals surface area contributed by atoms with Crippen LogP contribution in [0.25, 0.3) is 0 Å². The normalized spacial score (nSPS) is 11.9. The van der Waals surface area contributed by atoms with Gasteiger partial charge in [-0.2, -0.15) is 0 Å². The van der Waals surface area contributed by atoms with Crippen LogP contribution in [0.3, 0.4) is 0 Å². The van der Waals surface area contributed by atoms with Crippen molar-refractivity contribution in [2.24, 2.45) is 11.8 Å². The van der Waals surface area contributed by atoms with Gasteiger partial charge in [-0.25, -0.2) is 0 Å². The van der Waals surface area contributed by atoms with Crippen LogP contribution in [0.4, 0.5) is 0 Å². The third-order valence-corrected chi connectivity index (χ3v) is 4.27. The van der Waals surface area contributed by atoms with Gasteiger partial charge in [-0.3, -0.25) is 0 Å². The molecule has 0 aliphatic rings. The smallest absolute Gasteiger partial charge is 0.0241 e. The monoisotopic (exact) mass is 354 g/mol. The molecule has 0 spiro atoms. The average Bonchev–Trinajstić information content (AvgIpc) is 2.39. The van der Waals surface area contributed by atoms with E-state index >= 15 is 0 Å². The van der Waals surface area contributed by atoms with Crippen molar-refractivity contribution in [2.45, 2.75) is 47.2 Å². The predicted octanol–water partition coefficient (Wildman–Crippen LogP) is 4.67. The molecule has 0 radical (unpaired) electrons. The molecule has 2 nitrogen and oxygen atoms in total. The van der Waals surface area contributed by atoms with Gasteiger partial charge in [0.05, 0.1) is 0 Å². The summed E-state index contributed by atoms with van der Waals surface area (Å²) < 4.78 is 1.22. The summed E-state index contributed by atoms with van der Waals surface area (Å²) in [5.74, 6) is 1.47. The molecule has 0 bridgehead atoms. The Morgan fingerprint density at radius 2 is 1.86 bits per heavy atom. The Bertz CT molecular complexity index is 416. The fourth-order valence-corrected chi connectivity index (χ4v) is 2.73. The van der Waals surface area contributed by atoms with Crippen LogP contribution in [0.15, 0.2) is 22.7 Å². The molecule has 0 atom stereocenters. The molecule has 0 unspecified atom stereocenters. The van der Waals surface area contributed by atoms with Gasteiger partial charge in [0.1, 0.15) is 0 Å². The lowest BCUT2D eigenvalue weighted by Gasteiger charge is -2.19. The zero-order chi connectivity index (χ0) is 15.8. The van der Waals surface area contributed by atoms with Gasteiger partial charge in [0, 0.05) is 17.6 Å². The van der Waals surface area contributed by atoms with Crippen molar-refractivity contribution in [1.82, 2.24) is 10.2 Å². The van der Waals surface area contributed by atoms with Crippen molar-refractivity contribution >= 4 is 15.9 Å². The highest BCUT2D eigenvalue weighted by molar-refractivity contribution is 9.10. The first-order chi connectivity index (χ1) is 9.88. The number of hydrogen-bond acceptors (Lipinski definition) is 2. The molecule has 0 heterocycles. The average molecular weight is 355 g/mol. The summed E-state index contributed by atoms with van der Waals surface area (Å²) in [6.07, 6.45) is 1.26. The number of rotatable bonds is 9. The van der Waals surface area contributed by atoms with Crippen LogP contribution in [0, 0.1) is 11.8 Å². The maximum atomic E-state index is 3.72. The molecule has 0 saturated heterocycles. The Labute approximate surface area is 139 Å². The summed E-state index contributed by atoms with van der Waals surface area (Å²) >= 11 is 3.72. The second kappa shape index (κ2) is 9.60. The number of benzene rings is 1. The fraction of sp³-hybridized carbons (Fsp3) is 0.667. The van der Waals surface area contributed by atoms with Gasteiger partial charge in [0.25, 0.3) is 0 Å². The minimum Gasteiger partial charge on any atom is -0.312 e. The van der Waals surface area contributed by atoms with Gasteiger partial charge in [0.15, 0.2) is 0 Å². The first kappa shape index (κ1) is 18.7. The predicted molar refractivity (Wildman–Crippen MR) is 96.5 cm³/mol. The number of nitrogens with zero attached hydrogens (tertiary/aromatic N) is 1. The zero-order valence-corrected chi connectivity index (χ0v) is 15.8. The molecule has 120 valence electrons. The molecule has 0 amide bonds. The number of nitrogens with one attached hydrogen (secondary N) is 1. The van der Waals surface area contributed by atoms with Crippen LogP contribution in [-0.4, -0.2) is 25.0 Å². The van der Waals surface area contributed by atoms with Crippen molar-refractivity contribution in [3.8, 4) is 0 Å². The van der Waals surface area contributed by atoms with Crippen molar-refractivity contribution < 1.29 is 0 Å². The van der Waals surface area contributed by atoms with Crippen LogP contribution in [-0.2, 0) is 13.1 Å². The molecule has 1 aromatic carbocycles. The van der Waals surface area contributed by atoms with Crippen LogP contribution in [0.1, 0.15) is 45.2 Å². The highest BCUT2D eigenvalue weighted by Gasteiger charge is 2.06. The molecule has 1 rings (SSSR count). The summed E-state index contributed by atoms with van der Waals surface area (Å²) in [5.41, 5.74) is 2.71. The summed E-state index contributed by atoms with van der Waals surface area (Å²) in [5, 5.41) is 3.49. The summed E-state index contributed by atoms with van der Waals surface area (Å²) in [7, 11) is 2.20. The Morgan fingerprint density at radius 1 is 1.14 bits per heavy atom. The number of hydrogen-bond donors (Lipinski definition) is 1. The Kier molecular flexibility index (Phi) is 8.53. The van der Waals surface area contributed by atoms with Crippen molar-refractivity contribution in [2.75, 3.05) is 20.1 Å². The first-order valence-electron chi connectivity index (χ1n) is 8.05.